The number of carbonyl (C=O) groups is 1. The van der Waals surface area contributed by atoms with E-state index in [1.165, 1.54) is 5.56 Å². The first-order valence-electron chi connectivity index (χ1n) is 6.95. The highest BCUT2D eigenvalue weighted by Crippen LogP contribution is 1.97. The Morgan fingerprint density at radius 1 is 1.30 bits per heavy atom. The molecule has 1 amide bonds. The van der Waals surface area contributed by atoms with E-state index < -0.39 is 0 Å². The van der Waals surface area contributed by atoms with Gasteiger partial charge in [-0.05, 0) is 25.8 Å². The zero-order chi connectivity index (χ0) is 14.8. The Hall–Kier alpha value is -2.04. The first-order valence-corrected chi connectivity index (χ1v) is 6.95. The third-order valence-electron chi connectivity index (χ3n) is 2.63. The molecule has 110 valence electrons. The standard InChI is InChI=1S/C15H24N4O/c1-12(2)19-14(20)9-11-18-15(16)17-10-8-13-6-4-3-5-7-13/h3-7,12H,8-11H2,1-2H3,(H,19,20)(H3,16,17,18). The van der Waals surface area contributed by atoms with Crippen LogP contribution in [0.2, 0.25) is 0 Å². The van der Waals surface area contributed by atoms with E-state index in [0.29, 0.717) is 18.9 Å². The second kappa shape index (κ2) is 8.96. The number of nitrogens with zero attached hydrogens (tertiary/aromatic N) is 1. The summed E-state index contributed by atoms with van der Waals surface area (Å²) >= 11 is 0. The number of nitrogens with one attached hydrogen (secondary N) is 2. The minimum atomic E-state index is 0.000774. The van der Waals surface area contributed by atoms with E-state index in [4.69, 9.17) is 5.73 Å². The number of nitrogens with two attached hydrogens (primary N) is 1. The minimum absolute atomic E-state index is 0.000774. The van der Waals surface area contributed by atoms with E-state index in [1.807, 2.05) is 32.0 Å². The Bertz CT molecular complexity index is 429. The first-order chi connectivity index (χ1) is 9.58. The molecular weight excluding hydrogens is 252 g/mol. The van der Waals surface area contributed by atoms with Gasteiger partial charge < -0.3 is 16.4 Å². The molecule has 0 aliphatic rings. The molecule has 5 heteroatoms. The highest BCUT2D eigenvalue weighted by atomic mass is 16.1. The molecule has 1 aromatic carbocycles. The van der Waals surface area contributed by atoms with Gasteiger partial charge in [-0.15, -0.1) is 0 Å². The van der Waals surface area contributed by atoms with Gasteiger partial charge in [0.25, 0.3) is 0 Å². The van der Waals surface area contributed by atoms with Crippen LogP contribution in [0.3, 0.4) is 0 Å². The molecule has 0 radical (unpaired) electrons. The second-order valence-corrected chi connectivity index (χ2v) is 4.90. The van der Waals surface area contributed by atoms with Crippen molar-refractivity contribution in [2.24, 2.45) is 10.7 Å². The maximum Gasteiger partial charge on any atom is 0.222 e. The molecule has 0 aliphatic heterocycles. The van der Waals surface area contributed by atoms with Crippen molar-refractivity contribution in [1.29, 1.82) is 0 Å². The molecule has 0 aromatic heterocycles. The molecule has 0 spiro atoms. The molecule has 0 saturated carbocycles. The van der Waals surface area contributed by atoms with E-state index in [1.54, 1.807) is 0 Å². The lowest BCUT2D eigenvalue weighted by molar-refractivity contribution is -0.121. The summed E-state index contributed by atoms with van der Waals surface area (Å²) in [5.41, 5.74) is 6.99. The number of rotatable bonds is 7. The summed E-state index contributed by atoms with van der Waals surface area (Å²) in [5.74, 6) is 0.388. The summed E-state index contributed by atoms with van der Waals surface area (Å²) in [6.45, 7) is 5.00. The Kier molecular flexibility index (Phi) is 7.17. The lowest BCUT2D eigenvalue weighted by Crippen LogP contribution is -2.34. The average molecular weight is 276 g/mol. The SMILES string of the molecule is CC(C)NC(=O)CCN=C(N)NCCc1ccccc1. The van der Waals surface area contributed by atoms with Crippen LogP contribution in [0.1, 0.15) is 25.8 Å². The fourth-order valence-corrected chi connectivity index (χ4v) is 1.71. The van der Waals surface area contributed by atoms with E-state index in [2.05, 4.69) is 27.8 Å². The summed E-state index contributed by atoms with van der Waals surface area (Å²) in [5, 5.41) is 5.85. The van der Waals surface area contributed by atoms with Crippen LogP contribution in [0, 0.1) is 0 Å². The van der Waals surface area contributed by atoms with Crippen LogP contribution in [0.5, 0.6) is 0 Å². The van der Waals surface area contributed by atoms with Crippen molar-refractivity contribution in [3.63, 3.8) is 0 Å². The van der Waals surface area contributed by atoms with Crippen molar-refractivity contribution in [3.05, 3.63) is 35.9 Å². The molecule has 4 N–H and O–H groups in total. The van der Waals surface area contributed by atoms with Crippen LogP contribution in [0.15, 0.2) is 35.3 Å². The molecule has 0 bridgehead atoms. The van der Waals surface area contributed by atoms with E-state index >= 15 is 0 Å². The number of amides is 1. The Labute approximate surface area is 120 Å². The van der Waals surface area contributed by atoms with Crippen LogP contribution in [-0.4, -0.2) is 31.0 Å². The molecule has 1 aromatic rings. The smallest absolute Gasteiger partial charge is 0.222 e. The highest BCUT2D eigenvalue weighted by molar-refractivity contribution is 5.79. The minimum Gasteiger partial charge on any atom is -0.370 e. The molecular formula is C15H24N4O. The summed E-state index contributed by atoms with van der Waals surface area (Å²) in [4.78, 5) is 15.5. The third-order valence-corrected chi connectivity index (χ3v) is 2.63. The Morgan fingerprint density at radius 2 is 2.00 bits per heavy atom. The van der Waals surface area contributed by atoms with Gasteiger partial charge in [0, 0.05) is 19.0 Å². The van der Waals surface area contributed by atoms with E-state index in [0.717, 1.165) is 13.0 Å². The lowest BCUT2D eigenvalue weighted by Gasteiger charge is -2.08. The fraction of sp³-hybridized carbons (Fsp3) is 0.467. The monoisotopic (exact) mass is 276 g/mol. The van der Waals surface area contributed by atoms with Gasteiger partial charge >= 0.3 is 0 Å². The average Bonchev–Trinajstić information content (AvgIpc) is 2.39. The van der Waals surface area contributed by atoms with Crippen LogP contribution in [0.4, 0.5) is 0 Å². The number of guanidine groups is 1. The maximum absolute atomic E-state index is 11.4. The molecule has 0 fully saturated rings. The molecule has 0 atom stereocenters. The number of aliphatic imine (C=N–C) groups is 1. The van der Waals surface area contributed by atoms with Gasteiger partial charge in [0.15, 0.2) is 5.96 Å². The van der Waals surface area contributed by atoms with Crippen LogP contribution in [0.25, 0.3) is 0 Å². The Balaban J connectivity index is 2.17. The number of carbonyl (C=O) groups excluding carboxylic acids is 1. The summed E-state index contributed by atoms with van der Waals surface area (Å²) in [6.07, 6.45) is 1.25. The normalized spacial score (nSPS) is 11.4. The van der Waals surface area contributed by atoms with Crippen LogP contribution >= 0.6 is 0 Å². The fourth-order valence-electron chi connectivity index (χ4n) is 1.71. The van der Waals surface area contributed by atoms with Crippen LogP contribution < -0.4 is 16.4 Å². The number of hydrogen-bond donors (Lipinski definition) is 3. The molecule has 5 nitrogen and oxygen atoms in total. The topological polar surface area (TPSA) is 79.5 Å². The molecule has 0 unspecified atom stereocenters. The quantitative estimate of drug-likeness (QED) is 0.514. The van der Waals surface area contributed by atoms with Gasteiger partial charge in [-0.2, -0.15) is 0 Å². The van der Waals surface area contributed by atoms with Crippen molar-refractivity contribution in [1.82, 2.24) is 10.6 Å². The van der Waals surface area contributed by atoms with Crippen LogP contribution in [-0.2, 0) is 11.2 Å². The van der Waals surface area contributed by atoms with Crippen molar-refractivity contribution < 1.29 is 4.79 Å². The second-order valence-electron chi connectivity index (χ2n) is 4.90. The molecule has 0 heterocycles. The van der Waals surface area contributed by atoms with Gasteiger partial charge in [0.1, 0.15) is 0 Å². The summed E-state index contributed by atoms with van der Waals surface area (Å²) in [7, 11) is 0. The maximum atomic E-state index is 11.4. The summed E-state index contributed by atoms with van der Waals surface area (Å²) in [6, 6.07) is 10.3. The largest absolute Gasteiger partial charge is 0.370 e. The van der Waals surface area contributed by atoms with E-state index in [9.17, 15) is 4.79 Å². The zero-order valence-electron chi connectivity index (χ0n) is 12.2. The molecule has 1 rings (SSSR count). The predicted molar refractivity (Wildman–Crippen MR) is 82.5 cm³/mol. The van der Waals surface area contributed by atoms with Crippen molar-refractivity contribution in [3.8, 4) is 0 Å². The van der Waals surface area contributed by atoms with Gasteiger partial charge in [-0.25, -0.2) is 0 Å². The molecule has 20 heavy (non-hydrogen) atoms. The number of hydrogen-bond acceptors (Lipinski definition) is 2. The molecule has 0 saturated heterocycles. The van der Waals surface area contributed by atoms with E-state index in [-0.39, 0.29) is 11.9 Å². The van der Waals surface area contributed by atoms with Gasteiger partial charge in [-0.1, -0.05) is 30.3 Å². The highest BCUT2D eigenvalue weighted by Gasteiger charge is 2.02. The predicted octanol–water partition coefficient (Wildman–Crippen LogP) is 1.05. The van der Waals surface area contributed by atoms with Crippen molar-refractivity contribution in [2.45, 2.75) is 32.7 Å². The zero-order valence-corrected chi connectivity index (χ0v) is 12.2. The number of benzene rings is 1. The summed E-state index contributed by atoms with van der Waals surface area (Å²) < 4.78 is 0. The lowest BCUT2D eigenvalue weighted by atomic mass is 10.1. The first kappa shape index (κ1) is 16.0. The third kappa shape index (κ3) is 7.41. The Morgan fingerprint density at radius 3 is 2.65 bits per heavy atom. The van der Waals surface area contributed by atoms with Gasteiger partial charge in [0.2, 0.25) is 5.91 Å². The van der Waals surface area contributed by atoms with Gasteiger partial charge in [0.05, 0.1) is 6.54 Å². The molecule has 0 aliphatic carbocycles. The van der Waals surface area contributed by atoms with Crippen molar-refractivity contribution in [2.75, 3.05) is 13.1 Å². The van der Waals surface area contributed by atoms with Gasteiger partial charge in [-0.3, -0.25) is 9.79 Å². The van der Waals surface area contributed by atoms with Crippen molar-refractivity contribution >= 4 is 11.9 Å².